The summed E-state index contributed by atoms with van der Waals surface area (Å²) in [4.78, 5) is 11.6. The van der Waals surface area contributed by atoms with Gasteiger partial charge in [0.25, 0.3) is 0 Å². The Hall–Kier alpha value is -0.830. The van der Waals surface area contributed by atoms with E-state index in [-0.39, 0.29) is 12.4 Å². The highest BCUT2D eigenvalue weighted by Gasteiger charge is 2.33. The lowest BCUT2D eigenvalue weighted by molar-refractivity contribution is -0.147. The zero-order chi connectivity index (χ0) is 17.5. The molecule has 0 radical (unpaired) electrons. The Bertz CT molecular complexity index is 411. The van der Waals surface area contributed by atoms with E-state index in [1.807, 2.05) is 6.08 Å². The molecule has 2 atom stereocenters. The van der Waals surface area contributed by atoms with Gasteiger partial charge in [0, 0.05) is 0 Å². The first-order valence-electron chi connectivity index (χ1n) is 9.28. The van der Waals surface area contributed by atoms with Crippen LogP contribution in [0.25, 0.3) is 0 Å². The van der Waals surface area contributed by atoms with Crippen molar-refractivity contribution in [3.8, 4) is 0 Å². The van der Waals surface area contributed by atoms with E-state index in [0.717, 1.165) is 12.8 Å². The molecular formula is C20H36O3. The normalized spacial score (nSPS) is 22.8. The molecule has 1 aliphatic rings. The summed E-state index contributed by atoms with van der Waals surface area (Å²) >= 11 is 0. The standard InChI is InChI=1S/C20H36O3/c1-6-19(4,5)11-8-9-16(3)13-17-10-12-20(22,14-17)15-18(21)23-7-2/h14,16,22H,6-13,15H2,1-5H3. The number of ether oxygens (including phenoxy) is 1. The molecule has 0 aromatic heterocycles. The van der Waals surface area contributed by atoms with Crippen LogP contribution in [0.15, 0.2) is 11.6 Å². The van der Waals surface area contributed by atoms with Gasteiger partial charge in [-0.25, -0.2) is 0 Å². The minimum absolute atomic E-state index is 0.0867. The van der Waals surface area contributed by atoms with Crippen LogP contribution in [-0.2, 0) is 9.53 Å². The highest BCUT2D eigenvalue weighted by Crippen LogP contribution is 2.35. The fourth-order valence-corrected chi connectivity index (χ4v) is 3.32. The first-order valence-corrected chi connectivity index (χ1v) is 9.28. The molecule has 0 saturated heterocycles. The van der Waals surface area contributed by atoms with Gasteiger partial charge in [0.05, 0.1) is 18.6 Å². The van der Waals surface area contributed by atoms with Crippen molar-refractivity contribution in [1.82, 2.24) is 0 Å². The minimum Gasteiger partial charge on any atom is -0.466 e. The van der Waals surface area contributed by atoms with E-state index in [1.165, 1.54) is 31.3 Å². The number of hydrogen-bond donors (Lipinski definition) is 1. The summed E-state index contributed by atoms with van der Waals surface area (Å²) in [7, 11) is 0. The van der Waals surface area contributed by atoms with Crippen LogP contribution in [0.2, 0.25) is 0 Å². The zero-order valence-electron chi connectivity index (χ0n) is 15.8. The molecule has 23 heavy (non-hydrogen) atoms. The maximum absolute atomic E-state index is 11.6. The molecule has 0 spiro atoms. The van der Waals surface area contributed by atoms with Gasteiger partial charge in [-0.2, -0.15) is 0 Å². The van der Waals surface area contributed by atoms with Crippen molar-refractivity contribution < 1.29 is 14.6 Å². The molecule has 0 aromatic rings. The number of allylic oxidation sites excluding steroid dienone is 1. The Morgan fingerprint density at radius 1 is 1.43 bits per heavy atom. The predicted molar refractivity (Wildman–Crippen MR) is 95.2 cm³/mol. The molecule has 1 aliphatic carbocycles. The molecule has 0 saturated carbocycles. The van der Waals surface area contributed by atoms with Crippen LogP contribution in [0.4, 0.5) is 0 Å². The first kappa shape index (κ1) is 20.2. The highest BCUT2D eigenvalue weighted by atomic mass is 16.5. The van der Waals surface area contributed by atoms with Gasteiger partial charge in [-0.05, 0) is 43.9 Å². The van der Waals surface area contributed by atoms with Gasteiger partial charge < -0.3 is 9.84 Å². The lowest BCUT2D eigenvalue weighted by Crippen LogP contribution is -2.27. The topological polar surface area (TPSA) is 46.5 Å². The smallest absolute Gasteiger partial charge is 0.309 e. The molecule has 3 heteroatoms. The number of carbonyl (C=O) groups excluding carboxylic acids is 1. The van der Waals surface area contributed by atoms with Gasteiger partial charge in [0.1, 0.15) is 0 Å². The SMILES string of the molecule is CCOC(=O)CC1(O)C=C(CC(C)CCCC(C)(C)CC)CC1. The van der Waals surface area contributed by atoms with Gasteiger partial charge >= 0.3 is 5.97 Å². The summed E-state index contributed by atoms with van der Waals surface area (Å²) in [5.74, 6) is 0.334. The summed E-state index contributed by atoms with van der Waals surface area (Å²) in [6, 6.07) is 0. The molecule has 0 aliphatic heterocycles. The monoisotopic (exact) mass is 324 g/mol. The molecule has 0 aromatic carbocycles. The van der Waals surface area contributed by atoms with Gasteiger partial charge in [0.15, 0.2) is 0 Å². The Kier molecular flexibility index (Phi) is 7.79. The highest BCUT2D eigenvalue weighted by molar-refractivity contribution is 5.71. The lowest BCUT2D eigenvalue weighted by Gasteiger charge is -2.23. The second-order valence-corrected chi connectivity index (χ2v) is 8.11. The second-order valence-electron chi connectivity index (χ2n) is 8.11. The Morgan fingerprint density at radius 2 is 2.13 bits per heavy atom. The van der Waals surface area contributed by atoms with E-state index < -0.39 is 5.60 Å². The van der Waals surface area contributed by atoms with E-state index in [1.54, 1.807) is 6.92 Å². The lowest BCUT2D eigenvalue weighted by atomic mass is 9.83. The van der Waals surface area contributed by atoms with E-state index in [9.17, 15) is 9.90 Å². The van der Waals surface area contributed by atoms with Gasteiger partial charge in [-0.1, -0.05) is 58.6 Å². The molecule has 3 nitrogen and oxygen atoms in total. The summed E-state index contributed by atoms with van der Waals surface area (Å²) in [6.07, 6.45) is 9.61. The molecule has 1 N–H and O–H groups in total. The first-order chi connectivity index (χ1) is 10.7. The fourth-order valence-electron chi connectivity index (χ4n) is 3.32. The Labute approximate surface area is 142 Å². The zero-order valence-corrected chi connectivity index (χ0v) is 15.8. The van der Waals surface area contributed by atoms with E-state index >= 15 is 0 Å². The number of carbonyl (C=O) groups is 1. The van der Waals surface area contributed by atoms with Crippen molar-refractivity contribution in [2.45, 2.75) is 91.6 Å². The van der Waals surface area contributed by atoms with E-state index in [2.05, 4.69) is 27.7 Å². The van der Waals surface area contributed by atoms with Gasteiger partial charge in [-0.15, -0.1) is 0 Å². The molecule has 0 amide bonds. The van der Waals surface area contributed by atoms with Crippen molar-refractivity contribution in [2.75, 3.05) is 6.61 Å². The largest absolute Gasteiger partial charge is 0.466 e. The summed E-state index contributed by atoms with van der Waals surface area (Å²) in [6.45, 7) is 11.4. The van der Waals surface area contributed by atoms with Crippen LogP contribution >= 0.6 is 0 Å². The Balaban J connectivity index is 2.39. The van der Waals surface area contributed by atoms with Crippen LogP contribution in [0, 0.1) is 11.3 Å². The number of aliphatic hydroxyl groups is 1. The molecule has 2 unspecified atom stereocenters. The average Bonchev–Trinajstić information content (AvgIpc) is 2.79. The van der Waals surface area contributed by atoms with Gasteiger partial charge in [-0.3, -0.25) is 4.79 Å². The van der Waals surface area contributed by atoms with Crippen molar-refractivity contribution >= 4 is 5.97 Å². The average molecular weight is 325 g/mol. The van der Waals surface area contributed by atoms with Crippen LogP contribution in [0.5, 0.6) is 0 Å². The summed E-state index contributed by atoms with van der Waals surface area (Å²) in [5.41, 5.74) is 0.775. The van der Waals surface area contributed by atoms with Crippen LogP contribution < -0.4 is 0 Å². The number of esters is 1. The molecule has 0 fully saturated rings. The van der Waals surface area contributed by atoms with Crippen molar-refractivity contribution in [3.63, 3.8) is 0 Å². The van der Waals surface area contributed by atoms with Crippen molar-refractivity contribution in [1.29, 1.82) is 0 Å². The third-order valence-electron chi connectivity index (χ3n) is 5.23. The van der Waals surface area contributed by atoms with Crippen molar-refractivity contribution in [2.24, 2.45) is 11.3 Å². The second kappa shape index (κ2) is 8.86. The van der Waals surface area contributed by atoms with Crippen LogP contribution in [0.1, 0.15) is 86.0 Å². The third kappa shape index (κ3) is 7.52. The van der Waals surface area contributed by atoms with E-state index in [0.29, 0.717) is 24.4 Å². The molecular weight excluding hydrogens is 288 g/mol. The maximum atomic E-state index is 11.6. The van der Waals surface area contributed by atoms with Crippen LogP contribution in [-0.4, -0.2) is 23.3 Å². The molecule has 1 rings (SSSR count). The minimum atomic E-state index is -0.981. The molecule has 0 heterocycles. The third-order valence-corrected chi connectivity index (χ3v) is 5.23. The summed E-state index contributed by atoms with van der Waals surface area (Å²) in [5, 5.41) is 10.5. The van der Waals surface area contributed by atoms with Crippen LogP contribution in [0.3, 0.4) is 0 Å². The van der Waals surface area contributed by atoms with E-state index in [4.69, 9.17) is 4.74 Å². The fraction of sp³-hybridized carbons (Fsp3) is 0.850. The summed E-state index contributed by atoms with van der Waals surface area (Å²) < 4.78 is 4.95. The predicted octanol–water partition coefficient (Wildman–Crippen LogP) is 5.02. The quantitative estimate of drug-likeness (QED) is 0.453. The molecule has 0 bridgehead atoms. The molecule has 134 valence electrons. The van der Waals surface area contributed by atoms with Crippen molar-refractivity contribution in [3.05, 3.63) is 11.6 Å². The number of rotatable bonds is 10. The van der Waals surface area contributed by atoms with Gasteiger partial charge in [0.2, 0.25) is 0 Å². The Morgan fingerprint density at radius 3 is 2.74 bits per heavy atom. The maximum Gasteiger partial charge on any atom is 0.309 e. The number of hydrogen-bond acceptors (Lipinski definition) is 3.